The normalized spacial score (nSPS) is 10.8. The summed E-state index contributed by atoms with van der Waals surface area (Å²) in [5.74, 6) is 0.966. The van der Waals surface area contributed by atoms with E-state index in [-0.39, 0.29) is 0 Å². The maximum absolute atomic E-state index is 5.63. The molecular formula is C24H35NO. The molecule has 1 aromatic heterocycles. The summed E-state index contributed by atoms with van der Waals surface area (Å²) in [6.07, 6.45) is 14.4. The first-order chi connectivity index (χ1) is 12.8. The van der Waals surface area contributed by atoms with Gasteiger partial charge in [0.25, 0.3) is 0 Å². The second kappa shape index (κ2) is 12.5. The maximum atomic E-state index is 5.63. The fourth-order valence-electron chi connectivity index (χ4n) is 3.11. The van der Waals surface area contributed by atoms with E-state index in [9.17, 15) is 0 Å². The molecule has 1 heterocycles. The highest BCUT2D eigenvalue weighted by molar-refractivity contribution is 5.28. The van der Waals surface area contributed by atoms with Crippen LogP contribution < -0.4 is 4.74 Å². The molecule has 2 nitrogen and oxygen atoms in total. The third kappa shape index (κ3) is 8.03. The molecule has 0 saturated carbocycles. The molecule has 2 rings (SSSR count). The SMILES string of the molecule is CCCCCCCCc1ccc(CCc2ccc(OCCC)cc2)nc1. The predicted octanol–water partition coefficient (Wildman–Crippen LogP) is 6.56. The molecule has 0 aliphatic carbocycles. The minimum atomic E-state index is 0.786. The van der Waals surface area contributed by atoms with E-state index in [1.807, 2.05) is 0 Å². The van der Waals surface area contributed by atoms with Crippen LogP contribution in [-0.4, -0.2) is 11.6 Å². The highest BCUT2D eigenvalue weighted by Crippen LogP contribution is 2.15. The molecular weight excluding hydrogens is 318 g/mol. The second-order valence-corrected chi connectivity index (χ2v) is 7.17. The summed E-state index contributed by atoms with van der Waals surface area (Å²) in [4.78, 5) is 4.66. The van der Waals surface area contributed by atoms with Crippen LogP contribution in [0.1, 0.15) is 75.6 Å². The van der Waals surface area contributed by atoms with Gasteiger partial charge < -0.3 is 4.74 Å². The van der Waals surface area contributed by atoms with Gasteiger partial charge in [0.05, 0.1) is 6.61 Å². The Balaban J connectivity index is 1.68. The van der Waals surface area contributed by atoms with E-state index in [0.717, 1.165) is 31.6 Å². The van der Waals surface area contributed by atoms with Crippen LogP contribution in [0.15, 0.2) is 42.6 Å². The van der Waals surface area contributed by atoms with Crippen LogP contribution in [0.25, 0.3) is 0 Å². The lowest BCUT2D eigenvalue weighted by atomic mass is 10.0. The summed E-state index contributed by atoms with van der Waals surface area (Å²) in [6, 6.07) is 12.9. The standard InChI is InChI=1S/C24H35NO/c1-3-5-6-7-8-9-10-22-12-16-23(25-20-22)15-11-21-13-17-24(18-14-21)26-19-4-2/h12-14,16-18,20H,3-11,15,19H2,1-2H3. The van der Waals surface area contributed by atoms with Crippen molar-refractivity contribution in [3.8, 4) is 5.75 Å². The largest absolute Gasteiger partial charge is 0.494 e. The molecule has 2 aromatic rings. The van der Waals surface area contributed by atoms with E-state index in [0.29, 0.717) is 0 Å². The molecule has 0 fully saturated rings. The van der Waals surface area contributed by atoms with Gasteiger partial charge in [-0.2, -0.15) is 0 Å². The lowest BCUT2D eigenvalue weighted by Crippen LogP contribution is -1.97. The van der Waals surface area contributed by atoms with E-state index in [1.165, 1.54) is 61.8 Å². The topological polar surface area (TPSA) is 22.1 Å². The third-order valence-electron chi connectivity index (χ3n) is 4.77. The fourth-order valence-corrected chi connectivity index (χ4v) is 3.11. The number of rotatable bonds is 13. The molecule has 0 aliphatic heterocycles. The van der Waals surface area contributed by atoms with Gasteiger partial charge in [-0.15, -0.1) is 0 Å². The average molecular weight is 354 g/mol. The molecule has 0 spiro atoms. The Kier molecular flexibility index (Phi) is 9.86. The second-order valence-electron chi connectivity index (χ2n) is 7.17. The molecule has 0 N–H and O–H groups in total. The number of aryl methyl sites for hydroxylation is 3. The minimum absolute atomic E-state index is 0.786. The lowest BCUT2D eigenvalue weighted by Gasteiger charge is -2.07. The van der Waals surface area contributed by atoms with Gasteiger partial charge in [0.15, 0.2) is 0 Å². The summed E-state index contributed by atoms with van der Waals surface area (Å²) < 4.78 is 5.63. The molecule has 0 radical (unpaired) electrons. The van der Waals surface area contributed by atoms with Gasteiger partial charge in [-0.3, -0.25) is 4.98 Å². The van der Waals surface area contributed by atoms with Gasteiger partial charge in [-0.25, -0.2) is 0 Å². The van der Waals surface area contributed by atoms with Crippen LogP contribution in [-0.2, 0) is 19.3 Å². The Morgan fingerprint density at radius 3 is 2.12 bits per heavy atom. The Labute approximate surface area is 160 Å². The number of benzene rings is 1. The summed E-state index contributed by atoms with van der Waals surface area (Å²) in [5.41, 5.74) is 3.90. The van der Waals surface area contributed by atoms with Crippen LogP contribution in [0.4, 0.5) is 0 Å². The maximum Gasteiger partial charge on any atom is 0.119 e. The average Bonchev–Trinajstić information content (AvgIpc) is 2.69. The van der Waals surface area contributed by atoms with Crippen molar-refractivity contribution < 1.29 is 4.74 Å². The number of hydrogen-bond donors (Lipinski definition) is 0. The van der Waals surface area contributed by atoms with E-state index in [2.05, 4.69) is 61.4 Å². The third-order valence-corrected chi connectivity index (χ3v) is 4.77. The first-order valence-corrected chi connectivity index (χ1v) is 10.5. The molecule has 0 bridgehead atoms. The Bertz CT molecular complexity index is 589. The molecule has 0 atom stereocenters. The fraction of sp³-hybridized carbons (Fsp3) is 0.542. The number of pyridine rings is 1. The van der Waals surface area contributed by atoms with E-state index >= 15 is 0 Å². The van der Waals surface area contributed by atoms with Crippen LogP contribution in [0.2, 0.25) is 0 Å². The van der Waals surface area contributed by atoms with Crippen molar-refractivity contribution in [1.82, 2.24) is 4.98 Å². The van der Waals surface area contributed by atoms with Crippen LogP contribution in [0.3, 0.4) is 0 Å². The Morgan fingerprint density at radius 2 is 1.42 bits per heavy atom. The van der Waals surface area contributed by atoms with Crippen molar-refractivity contribution in [3.63, 3.8) is 0 Å². The highest BCUT2D eigenvalue weighted by atomic mass is 16.5. The summed E-state index contributed by atoms with van der Waals surface area (Å²) in [6.45, 7) is 5.18. The molecule has 1 aromatic carbocycles. The van der Waals surface area contributed by atoms with Gasteiger partial charge in [-0.05, 0) is 61.4 Å². The molecule has 26 heavy (non-hydrogen) atoms. The van der Waals surface area contributed by atoms with E-state index in [4.69, 9.17) is 4.74 Å². The van der Waals surface area contributed by atoms with Gasteiger partial charge in [0.1, 0.15) is 5.75 Å². The minimum Gasteiger partial charge on any atom is -0.494 e. The first kappa shape index (κ1) is 20.5. The number of aromatic nitrogens is 1. The zero-order valence-corrected chi connectivity index (χ0v) is 16.7. The summed E-state index contributed by atoms with van der Waals surface area (Å²) in [5, 5.41) is 0. The molecule has 0 amide bonds. The monoisotopic (exact) mass is 353 g/mol. The number of ether oxygens (including phenoxy) is 1. The van der Waals surface area contributed by atoms with Crippen molar-refractivity contribution in [3.05, 3.63) is 59.4 Å². The van der Waals surface area contributed by atoms with Crippen molar-refractivity contribution in [2.24, 2.45) is 0 Å². The van der Waals surface area contributed by atoms with Gasteiger partial charge in [0.2, 0.25) is 0 Å². The number of hydrogen-bond acceptors (Lipinski definition) is 2. The van der Waals surface area contributed by atoms with E-state index < -0.39 is 0 Å². The Morgan fingerprint density at radius 1 is 0.692 bits per heavy atom. The molecule has 2 heteroatoms. The van der Waals surface area contributed by atoms with E-state index in [1.54, 1.807) is 0 Å². The van der Waals surface area contributed by atoms with Crippen molar-refractivity contribution in [1.29, 1.82) is 0 Å². The summed E-state index contributed by atoms with van der Waals surface area (Å²) >= 11 is 0. The molecule has 0 saturated heterocycles. The molecule has 0 unspecified atom stereocenters. The van der Waals surface area contributed by atoms with Gasteiger partial charge in [-0.1, -0.05) is 64.2 Å². The lowest BCUT2D eigenvalue weighted by molar-refractivity contribution is 0.317. The first-order valence-electron chi connectivity index (χ1n) is 10.5. The van der Waals surface area contributed by atoms with Crippen LogP contribution >= 0.6 is 0 Å². The highest BCUT2D eigenvalue weighted by Gasteiger charge is 2.00. The Hall–Kier alpha value is -1.83. The molecule has 0 aliphatic rings. The van der Waals surface area contributed by atoms with Crippen molar-refractivity contribution in [2.75, 3.05) is 6.61 Å². The van der Waals surface area contributed by atoms with Gasteiger partial charge in [0, 0.05) is 11.9 Å². The van der Waals surface area contributed by atoms with Crippen LogP contribution in [0.5, 0.6) is 5.75 Å². The van der Waals surface area contributed by atoms with Crippen molar-refractivity contribution >= 4 is 0 Å². The molecule has 142 valence electrons. The van der Waals surface area contributed by atoms with Gasteiger partial charge >= 0.3 is 0 Å². The number of unbranched alkanes of at least 4 members (excludes halogenated alkanes) is 5. The quantitative estimate of drug-likeness (QED) is 0.380. The van der Waals surface area contributed by atoms with Crippen LogP contribution in [0, 0.1) is 0 Å². The predicted molar refractivity (Wildman–Crippen MR) is 111 cm³/mol. The zero-order chi connectivity index (χ0) is 18.5. The summed E-state index contributed by atoms with van der Waals surface area (Å²) in [7, 11) is 0. The number of nitrogens with zero attached hydrogens (tertiary/aromatic N) is 1. The smallest absolute Gasteiger partial charge is 0.119 e. The zero-order valence-electron chi connectivity index (χ0n) is 16.7. The van der Waals surface area contributed by atoms with Crippen molar-refractivity contribution in [2.45, 2.75) is 78.1 Å².